The molecule has 5 nitrogen and oxygen atoms in total. The molecule has 122 valence electrons. The first-order valence-corrected chi connectivity index (χ1v) is 7.68. The predicted molar refractivity (Wildman–Crippen MR) is 96.9 cm³/mol. The van der Waals surface area contributed by atoms with Gasteiger partial charge in [-0.05, 0) is 48.0 Å². The van der Waals surface area contributed by atoms with Gasteiger partial charge in [0.15, 0.2) is 0 Å². The largest absolute Gasteiger partial charge is 0.384 e. The smallest absolute Gasteiger partial charge is 0.141 e. The second kappa shape index (κ2) is 6.16. The highest BCUT2D eigenvalue weighted by Gasteiger charge is 2.07. The van der Waals surface area contributed by atoms with Gasteiger partial charge in [0.1, 0.15) is 23.8 Å². The first-order valence-electron chi connectivity index (χ1n) is 7.68. The standard InChI is InChI=1S/C19H14FN5/c20-14-2-1-3-15(9-14)25-19-16-8-12(4-6-17(16)23-11-24-19)13-5-7-18(21)22-10-13/h1-11H,(H2,21,22)(H,23,24,25). The van der Waals surface area contributed by atoms with Crippen molar-refractivity contribution < 1.29 is 4.39 Å². The van der Waals surface area contributed by atoms with E-state index < -0.39 is 0 Å². The molecule has 0 saturated carbocycles. The van der Waals surface area contributed by atoms with Crippen LogP contribution in [0, 0.1) is 5.82 Å². The van der Waals surface area contributed by atoms with Gasteiger partial charge in [-0.2, -0.15) is 0 Å². The van der Waals surface area contributed by atoms with Gasteiger partial charge in [-0.15, -0.1) is 0 Å². The van der Waals surface area contributed by atoms with Crippen molar-refractivity contribution in [1.29, 1.82) is 0 Å². The number of hydrogen-bond acceptors (Lipinski definition) is 5. The lowest BCUT2D eigenvalue weighted by Gasteiger charge is -2.10. The van der Waals surface area contributed by atoms with Crippen molar-refractivity contribution in [3.63, 3.8) is 0 Å². The van der Waals surface area contributed by atoms with Crippen LogP contribution in [0.1, 0.15) is 0 Å². The minimum Gasteiger partial charge on any atom is -0.384 e. The van der Waals surface area contributed by atoms with Gasteiger partial charge in [-0.1, -0.05) is 12.1 Å². The summed E-state index contributed by atoms with van der Waals surface area (Å²) in [5, 5.41) is 3.98. The summed E-state index contributed by atoms with van der Waals surface area (Å²) in [7, 11) is 0. The summed E-state index contributed by atoms with van der Waals surface area (Å²) in [5.74, 6) is 0.777. The minimum atomic E-state index is -0.308. The third-order valence-corrected chi connectivity index (χ3v) is 3.84. The molecule has 0 spiro atoms. The third kappa shape index (κ3) is 3.10. The minimum absolute atomic E-state index is 0.308. The van der Waals surface area contributed by atoms with Crippen molar-refractivity contribution in [2.24, 2.45) is 0 Å². The molecule has 0 amide bonds. The molecule has 0 unspecified atom stereocenters. The number of fused-ring (bicyclic) bond motifs is 1. The Bertz CT molecular complexity index is 1050. The number of nitrogens with two attached hydrogens (primary N) is 1. The number of rotatable bonds is 3. The molecule has 0 fully saturated rings. The van der Waals surface area contributed by atoms with Crippen LogP contribution in [0.3, 0.4) is 0 Å². The zero-order valence-electron chi connectivity index (χ0n) is 13.1. The fourth-order valence-corrected chi connectivity index (χ4v) is 2.61. The maximum Gasteiger partial charge on any atom is 0.141 e. The highest BCUT2D eigenvalue weighted by atomic mass is 19.1. The topological polar surface area (TPSA) is 76.7 Å². The van der Waals surface area contributed by atoms with E-state index >= 15 is 0 Å². The van der Waals surface area contributed by atoms with E-state index in [2.05, 4.69) is 20.3 Å². The van der Waals surface area contributed by atoms with Gasteiger partial charge in [-0.3, -0.25) is 0 Å². The second-order valence-corrected chi connectivity index (χ2v) is 5.56. The molecule has 0 aliphatic rings. The molecule has 0 bridgehead atoms. The number of hydrogen-bond donors (Lipinski definition) is 2. The Kier molecular flexibility index (Phi) is 3.70. The van der Waals surface area contributed by atoms with E-state index in [4.69, 9.17) is 5.73 Å². The Balaban J connectivity index is 1.79. The van der Waals surface area contributed by atoms with Gasteiger partial charge in [0.25, 0.3) is 0 Å². The van der Waals surface area contributed by atoms with Crippen LogP contribution in [0.2, 0.25) is 0 Å². The molecule has 0 aliphatic carbocycles. The molecular weight excluding hydrogens is 317 g/mol. The normalized spacial score (nSPS) is 10.8. The molecule has 0 saturated heterocycles. The van der Waals surface area contributed by atoms with E-state index in [-0.39, 0.29) is 5.82 Å². The van der Waals surface area contributed by atoms with Crippen molar-refractivity contribution in [2.75, 3.05) is 11.1 Å². The van der Waals surface area contributed by atoms with Gasteiger partial charge in [-0.25, -0.2) is 19.3 Å². The molecule has 3 N–H and O–H groups in total. The number of nitrogens with one attached hydrogen (secondary N) is 1. The molecule has 4 aromatic rings. The number of nitrogen functional groups attached to an aromatic ring is 1. The van der Waals surface area contributed by atoms with Crippen LogP contribution in [0.5, 0.6) is 0 Å². The summed E-state index contributed by atoms with van der Waals surface area (Å²) in [6.07, 6.45) is 3.20. The molecule has 4 rings (SSSR count). The fourth-order valence-electron chi connectivity index (χ4n) is 2.61. The molecule has 0 aliphatic heterocycles. The SMILES string of the molecule is Nc1ccc(-c2ccc3ncnc(Nc4cccc(F)c4)c3c2)cn1. The molecule has 0 radical (unpaired) electrons. The Morgan fingerprint density at radius 3 is 2.56 bits per heavy atom. The van der Waals surface area contributed by atoms with Crippen LogP contribution < -0.4 is 11.1 Å². The van der Waals surface area contributed by atoms with Crippen molar-refractivity contribution in [2.45, 2.75) is 0 Å². The number of aromatic nitrogens is 3. The molecule has 2 aromatic heterocycles. The van der Waals surface area contributed by atoms with Crippen LogP contribution in [-0.4, -0.2) is 15.0 Å². The summed E-state index contributed by atoms with van der Waals surface area (Å²) in [6.45, 7) is 0. The second-order valence-electron chi connectivity index (χ2n) is 5.56. The molecule has 0 atom stereocenters. The summed E-state index contributed by atoms with van der Waals surface area (Å²) >= 11 is 0. The average molecular weight is 331 g/mol. The highest BCUT2D eigenvalue weighted by molar-refractivity contribution is 5.93. The average Bonchev–Trinajstić information content (AvgIpc) is 2.62. The number of anilines is 3. The quantitative estimate of drug-likeness (QED) is 0.589. The molecule has 2 aromatic carbocycles. The fraction of sp³-hybridized carbons (Fsp3) is 0. The monoisotopic (exact) mass is 331 g/mol. The van der Waals surface area contributed by atoms with E-state index in [1.807, 2.05) is 24.3 Å². The van der Waals surface area contributed by atoms with E-state index in [9.17, 15) is 4.39 Å². The van der Waals surface area contributed by atoms with Crippen LogP contribution in [0.15, 0.2) is 67.1 Å². The summed E-state index contributed by atoms with van der Waals surface area (Å²) in [4.78, 5) is 12.7. The maximum absolute atomic E-state index is 13.4. The Morgan fingerprint density at radius 2 is 1.76 bits per heavy atom. The molecule has 2 heterocycles. The van der Waals surface area contributed by atoms with E-state index in [0.29, 0.717) is 17.3 Å². The van der Waals surface area contributed by atoms with Crippen molar-refractivity contribution in [1.82, 2.24) is 15.0 Å². The molecular formula is C19H14FN5. The van der Waals surface area contributed by atoms with Gasteiger partial charge in [0.05, 0.1) is 5.52 Å². The first-order chi connectivity index (χ1) is 12.2. The number of pyridine rings is 1. The number of nitrogens with zero attached hydrogens (tertiary/aromatic N) is 3. The van der Waals surface area contributed by atoms with E-state index in [0.717, 1.165) is 22.0 Å². The Morgan fingerprint density at radius 1 is 0.880 bits per heavy atom. The first kappa shape index (κ1) is 15.0. The lowest BCUT2D eigenvalue weighted by molar-refractivity contribution is 0.628. The van der Waals surface area contributed by atoms with Gasteiger partial charge in [0, 0.05) is 22.8 Å². The number of halogens is 1. The van der Waals surface area contributed by atoms with Gasteiger partial charge >= 0.3 is 0 Å². The highest BCUT2D eigenvalue weighted by Crippen LogP contribution is 2.28. The van der Waals surface area contributed by atoms with E-state index in [1.165, 1.54) is 18.5 Å². The van der Waals surface area contributed by atoms with Crippen molar-refractivity contribution in [3.8, 4) is 11.1 Å². The molecule has 6 heteroatoms. The summed E-state index contributed by atoms with van der Waals surface area (Å²) in [6, 6.07) is 15.8. The Hall–Kier alpha value is -3.54. The summed E-state index contributed by atoms with van der Waals surface area (Å²) in [5.41, 5.74) is 8.97. The van der Waals surface area contributed by atoms with Crippen molar-refractivity contribution in [3.05, 3.63) is 72.9 Å². The van der Waals surface area contributed by atoms with Crippen molar-refractivity contribution >= 4 is 28.2 Å². The van der Waals surface area contributed by atoms with Crippen LogP contribution in [0.25, 0.3) is 22.0 Å². The molecule has 25 heavy (non-hydrogen) atoms. The van der Waals surface area contributed by atoms with E-state index in [1.54, 1.807) is 24.4 Å². The lowest BCUT2D eigenvalue weighted by atomic mass is 10.1. The zero-order valence-corrected chi connectivity index (χ0v) is 13.1. The predicted octanol–water partition coefficient (Wildman–Crippen LogP) is 4.16. The lowest BCUT2D eigenvalue weighted by Crippen LogP contribution is -1.96. The van der Waals surface area contributed by atoms with Crippen LogP contribution in [0.4, 0.5) is 21.7 Å². The van der Waals surface area contributed by atoms with Crippen LogP contribution in [-0.2, 0) is 0 Å². The third-order valence-electron chi connectivity index (χ3n) is 3.84. The maximum atomic E-state index is 13.4. The summed E-state index contributed by atoms with van der Waals surface area (Å²) < 4.78 is 13.4. The van der Waals surface area contributed by atoms with Crippen LogP contribution >= 0.6 is 0 Å². The van der Waals surface area contributed by atoms with Gasteiger partial charge < -0.3 is 11.1 Å². The van der Waals surface area contributed by atoms with Gasteiger partial charge in [0.2, 0.25) is 0 Å². The zero-order chi connectivity index (χ0) is 17.2. The Labute approximate surface area is 143 Å². The number of benzene rings is 2.